The predicted molar refractivity (Wildman–Crippen MR) is 63.3 cm³/mol. The van der Waals surface area contributed by atoms with E-state index in [2.05, 4.69) is 15.9 Å². The Bertz CT molecular complexity index is 453. The van der Waals surface area contributed by atoms with Crippen LogP contribution in [0.2, 0.25) is 0 Å². The molecule has 2 rings (SSSR count). The number of nitrogens with zero attached hydrogens (tertiary/aromatic N) is 1. The van der Waals surface area contributed by atoms with Gasteiger partial charge in [0.15, 0.2) is 11.6 Å². The monoisotopic (exact) mass is 299 g/mol. The zero-order valence-electron chi connectivity index (χ0n) is 9.08. The van der Waals surface area contributed by atoms with Crippen molar-refractivity contribution in [1.82, 2.24) is 0 Å². The molecular formula is C12H11BrFNO2. The fourth-order valence-corrected chi connectivity index (χ4v) is 2.10. The van der Waals surface area contributed by atoms with Crippen molar-refractivity contribution >= 4 is 15.9 Å². The van der Waals surface area contributed by atoms with Crippen molar-refractivity contribution in [2.45, 2.75) is 18.9 Å². The highest BCUT2D eigenvalue weighted by Crippen LogP contribution is 2.28. The third-order valence-corrected chi connectivity index (χ3v) is 3.39. The Morgan fingerprint density at radius 1 is 1.59 bits per heavy atom. The van der Waals surface area contributed by atoms with Gasteiger partial charge in [-0.1, -0.05) is 0 Å². The third kappa shape index (κ3) is 2.76. The number of rotatable bonds is 3. The molecule has 0 aromatic heterocycles. The second-order valence-electron chi connectivity index (χ2n) is 3.80. The second kappa shape index (κ2) is 5.48. The Morgan fingerprint density at radius 2 is 2.41 bits per heavy atom. The van der Waals surface area contributed by atoms with E-state index in [0.717, 1.165) is 19.4 Å². The zero-order valence-corrected chi connectivity index (χ0v) is 10.7. The van der Waals surface area contributed by atoms with Gasteiger partial charge >= 0.3 is 0 Å². The van der Waals surface area contributed by atoms with Gasteiger partial charge in [0, 0.05) is 6.61 Å². The summed E-state index contributed by atoms with van der Waals surface area (Å²) >= 11 is 3.04. The third-order valence-electron chi connectivity index (χ3n) is 2.62. The van der Waals surface area contributed by atoms with Gasteiger partial charge in [-0.25, -0.2) is 4.39 Å². The maximum Gasteiger partial charge on any atom is 0.180 e. The summed E-state index contributed by atoms with van der Waals surface area (Å²) in [7, 11) is 0. The van der Waals surface area contributed by atoms with Crippen molar-refractivity contribution in [3.8, 4) is 11.8 Å². The first-order valence-electron chi connectivity index (χ1n) is 5.35. The highest BCUT2D eigenvalue weighted by Gasteiger charge is 2.18. The molecule has 0 saturated carbocycles. The summed E-state index contributed by atoms with van der Waals surface area (Å²) in [4.78, 5) is 0. The number of ether oxygens (including phenoxy) is 2. The number of benzene rings is 1. The van der Waals surface area contributed by atoms with Crippen molar-refractivity contribution in [2.75, 3.05) is 13.2 Å². The maximum atomic E-state index is 13.8. The van der Waals surface area contributed by atoms with Gasteiger partial charge in [0.05, 0.1) is 16.1 Å². The second-order valence-corrected chi connectivity index (χ2v) is 4.59. The van der Waals surface area contributed by atoms with E-state index in [1.807, 2.05) is 6.07 Å². The Labute approximate surface area is 107 Å². The number of hydrogen-bond donors (Lipinski definition) is 0. The van der Waals surface area contributed by atoms with E-state index in [1.165, 1.54) is 12.1 Å². The molecular weight excluding hydrogens is 289 g/mol. The van der Waals surface area contributed by atoms with Crippen LogP contribution in [0.15, 0.2) is 16.6 Å². The standard InChI is InChI=1S/C12H11BrFNO2/c13-11-8(6-15)3-4-10(12(11)14)17-7-9-2-1-5-16-9/h3-4,9H,1-2,5,7H2/t9-/m1/s1. The molecule has 1 aliphatic rings. The lowest BCUT2D eigenvalue weighted by molar-refractivity contribution is 0.0665. The number of nitriles is 1. The van der Waals surface area contributed by atoms with Crippen LogP contribution in [0.4, 0.5) is 4.39 Å². The van der Waals surface area contributed by atoms with Gasteiger partial charge in [-0.05, 0) is 40.9 Å². The van der Waals surface area contributed by atoms with Crippen LogP contribution in [0, 0.1) is 17.1 Å². The van der Waals surface area contributed by atoms with E-state index in [0.29, 0.717) is 6.61 Å². The lowest BCUT2D eigenvalue weighted by atomic mass is 10.2. The normalized spacial score (nSPS) is 19.0. The summed E-state index contributed by atoms with van der Waals surface area (Å²) < 4.78 is 24.6. The highest BCUT2D eigenvalue weighted by atomic mass is 79.9. The zero-order chi connectivity index (χ0) is 12.3. The molecule has 0 amide bonds. The summed E-state index contributed by atoms with van der Waals surface area (Å²) in [6, 6.07) is 4.89. The molecule has 1 aromatic carbocycles. The van der Waals surface area contributed by atoms with Gasteiger partial charge in [-0.3, -0.25) is 0 Å². The van der Waals surface area contributed by atoms with E-state index >= 15 is 0 Å². The Morgan fingerprint density at radius 3 is 3.06 bits per heavy atom. The van der Waals surface area contributed by atoms with E-state index in [1.54, 1.807) is 0 Å². The maximum absolute atomic E-state index is 13.8. The molecule has 17 heavy (non-hydrogen) atoms. The molecule has 1 aromatic rings. The lowest BCUT2D eigenvalue weighted by Gasteiger charge is -2.12. The van der Waals surface area contributed by atoms with Crippen LogP contribution in [0.3, 0.4) is 0 Å². The van der Waals surface area contributed by atoms with E-state index < -0.39 is 5.82 Å². The molecule has 0 spiro atoms. The Hall–Kier alpha value is -1.12. The van der Waals surface area contributed by atoms with Gasteiger partial charge in [0.2, 0.25) is 0 Å². The van der Waals surface area contributed by atoms with Crippen molar-refractivity contribution in [3.05, 3.63) is 28.0 Å². The first-order valence-corrected chi connectivity index (χ1v) is 6.14. The van der Waals surface area contributed by atoms with E-state index in [-0.39, 0.29) is 21.9 Å². The van der Waals surface area contributed by atoms with Gasteiger partial charge in [-0.15, -0.1) is 0 Å². The van der Waals surface area contributed by atoms with Crippen molar-refractivity contribution in [1.29, 1.82) is 5.26 Å². The Balaban J connectivity index is 2.06. The molecule has 3 nitrogen and oxygen atoms in total. The van der Waals surface area contributed by atoms with Crippen LogP contribution in [0.1, 0.15) is 18.4 Å². The van der Waals surface area contributed by atoms with Crippen LogP contribution in [0.5, 0.6) is 5.75 Å². The van der Waals surface area contributed by atoms with Gasteiger partial charge in [0.25, 0.3) is 0 Å². The molecule has 1 aliphatic heterocycles. The van der Waals surface area contributed by atoms with Crippen molar-refractivity contribution in [2.24, 2.45) is 0 Å². The van der Waals surface area contributed by atoms with Crippen LogP contribution in [-0.4, -0.2) is 19.3 Å². The summed E-state index contributed by atoms with van der Waals surface area (Å²) in [6.45, 7) is 1.09. The molecule has 0 aliphatic carbocycles. The van der Waals surface area contributed by atoms with Crippen LogP contribution in [-0.2, 0) is 4.74 Å². The van der Waals surface area contributed by atoms with Crippen LogP contribution < -0.4 is 4.74 Å². The summed E-state index contributed by atoms with van der Waals surface area (Å²) in [6.07, 6.45) is 2.01. The molecule has 1 saturated heterocycles. The predicted octanol–water partition coefficient (Wildman–Crippen LogP) is 3.02. The fourth-order valence-electron chi connectivity index (χ4n) is 1.69. The molecule has 1 fully saturated rings. The van der Waals surface area contributed by atoms with Crippen molar-refractivity contribution < 1.29 is 13.9 Å². The van der Waals surface area contributed by atoms with E-state index in [4.69, 9.17) is 14.7 Å². The molecule has 0 unspecified atom stereocenters. The summed E-state index contributed by atoms with van der Waals surface area (Å²) in [5, 5.41) is 8.73. The minimum atomic E-state index is -0.540. The molecule has 5 heteroatoms. The molecule has 1 heterocycles. The first kappa shape index (κ1) is 12.3. The van der Waals surface area contributed by atoms with Crippen molar-refractivity contribution in [3.63, 3.8) is 0 Å². The smallest absolute Gasteiger partial charge is 0.180 e. The van der Waals surface area contributed by atoms with Gasteiger partial charge in [-0.2, -0.15) is 5.26 Å². The van der Waals surface area contributed by atoms with Crippen LogP contribution >= 0.6 is 15.9 Å². The summed E-state index contributed by atoms with van der Waals surface area (Å²) in [5.41, 5.74) is 0.256. The van der Waals surface area contributed by atoms with Gasteiger partial charge in [0.1, 0.15) is 12.7 Å². The SMILES string of the molecule is N#Cc1ccc(OC[C@H]2CCCO2)c(F)c1Br. The average molecular weight is 300 g/mol. The molecule has 0 N–H and O–H groups in total. The molecule has 1 atom stereocenters. The minimum Gasteiger partial charge on any atom is -0.488 e. The molecule has 0 radical (unpaired) electrons. The van der Waals surface area contributed by atoms with E-state index in [9.17, 15) is 4.39 Å². The average Bonchev–Trinajstić information content (AvgIpc) is 2.84. The minimum absolute atomic E-state index is 0.0452. The largest absolute Gasteiger partial charge is 0.488 e. The molecule has 0 bridgehead atoms. The fraction of sp³-hybridized carbons (Fsp3) is 0.417. The Kier molecular flexibility index (Phi) is 3.97. The highest BCUT2D eigenvalue weighted by molar-refractivity contribution is 9.10. The lowest BCUT2D eigenvalue weighted by Crippen LogP contribution is -2.16. The number of halogens is 2. The van der Waals surface area contributed by atoms with Gasteiger partial charge < -0.3 is 9.47 Å². The molecule has 90 valence electrons. The first-order chi connectivity index (χ1) is 8.22. The quantitative estimate of drug-likeness (QED) is 0.861. The topological polar surface area (TPSA) is 42.2 Å². The van der Waals surface area contributed by atoms with Crippen LogP contribution in [0.25, 0.3) is 0 Å². The number of hydrogen-bond acceptors (Lipinski definition) is 3. The summed E-state index contributed by atoms with van der Waals surface area (Å²) in [5.74, 6) is -0.395.